The van der Waals surface area contributed by atoms with Gasteiger partial charge < -0.3 is 5.32 Å². The Bertz CT molecular complexity index is 1070. The summed E-state index contributed by atoms with van der Waals surface area (Å²) in [5.74, 6) is 0.526. The van der Waals surface area contributed by atoms with Crippen molar-refractivity contribution in [3.05, 3.63) is 78.8 Å². The van der Waals surface area contributed by atoms with Crippen LogP contribution >= 0.6 is 11.8 Å². The van der Waals surface area contributed by atoms with Crippen LogP contribution < -0.4 is 5.32 Å². The van der Waals surface area contributed by atoms with E-state index in [1.54, 1.807) is 41.2 Å². The molecule has 0 atom stereocenters. The van der Waals surface area contributed by atoms with E-state index >= 15 is 0 Å². The number of hydrogen-bond acceptors (Lipinski definition) is 6. The second kappa shape index (κ2) is 8.05. The molecular weight excluding hydrogens is 374 g/mol. The second-order valence-corrected chi connectivity index (χ2v) is 6.66. The Morgan fingerprint density at radius 1 is 1.21 bits per heavy atom. The van der Waals surface area contributed by atoms with Crippen molar-refractivity contribution in [3.8, 4) is 11.5 Å². The van der Waals surface area contributed by atoms with E-state index < -0.39 is 0 Å². The first-order chi connectivity index (χ1) is 13.7. The monoisotopic (exact) mass is 391 g/mol. The van der Waals surface area contributed by atoms with Gasteiger partial charge in [0.1, 0.15) is 12.7 Å². The van der Waals surface area contributed by atoms with Crippen molar-refractivity contribution >= 4 is 17.7 Å². The van der Waals surface area contributed by atoms with E-state index in [2.05, 4.69) is 25.4 Å². The van der Waals surface area contributed by atoms with Gasteiger partial charge in [-0.25, -0.2) is 19.6 Å². The summed E-state index contributed by atoms with van der Waals surface area (Å²) in [6.07, 6.45) is 10.3. The van der Waals surface area contributed by atoms with Crippen molar-refractivity contribution in [1.29, 1.82) is 0 Å². The van der Waals surface area contributed by atoms with Gasteiger partial charge in [-0.2, -0.15) is 5.10 Å². The zero-order chi connectivity index (χ0) is 19.3. The maximum Gasteiger partial charge on any atom is 0.251 e. The lowest BCUT2D eigenvalue weighted by molar-refractivity contribution is 0.0951. The van der Waals surface area contributed by atoms with E-state index in [4.69, 9.17) is 0 Å². The number of hydrogen-bond donors (Lipinski definition) is 1. The van der Waals surface area contributed by atoms with Gasteiger partial charge in [0, 0.05) is 36.4 Å². The van der Waals surface area contributed by atoms with Crippen LogP contribution in [0.1, 0.15) is 15.9 Å². The molecule has 0 saturated carbocycles. The number of nitrogens with zero attached hydrogens (tertiary/aromatic N) is 6. The molecule has 1 N–H and O–H groups in total. The summed E-state index contributed by atoms with van der Waals surface area (Å²) in [4.78, 5) is 25.1. The Kier molecular flexibility index (Phi) is 5.16. The molecule has 0 aliphatic rings. The number of thioether (sulfide) groups is 1. The first-order valence-corrected chi connectivity index (χ1v) is 9.73. The molecule has 3 heterocycles. The maximum absolute atomic E-state index is 12.6. The molecule has 1 aromatic carbocycles. The van der Waals surface area contributed by atoms with E-state index in [9.17, 15) is 4.79 Å². The minimum Gasteiger partial charge on any atom is -0.348 e. The van der Waals surface area contributed by atoms with Crippen LogP contribution in [-0.2, 0) is 6.54 Å². The quantitative estimate of drug-likeness (QED) is 0.508. The van der Waals surface area contributed by atoms with Gasteiger partial charge in [0.15, 0.2) is 11.0 Å². The van der Waals surface area contributed by atoms with Crippen LogP contribution in [0, 0.1) is 0 Å². The molecule has 28 heavy (non-hydrogen) atoms. The van der Waals surface area contributed by atoms with E-state index in [0.29, 0.717) is 17.9 Å². The van der Waals surface area contributed by atoms with Gasteiger partial charge in [-0.15, -0.1) is 0 Å². The molecule has 0 aliphatic carbocycles. The summed E-state index contributed by atoms with van der Waals surface area (Å²) in [5, 5.41) is 7.84. The Morgan fingerprint density at radius 2 is 2.14 bits per heavy atom. The molecule has 1 amide bonds. The number of pyridine rings is 1. The van der Waals surface area contributed by atoms with Gasteiger partial charge in [-0.05, 0) is 36.1 Å². The molecule has 0 aliphatic heterocycles. The van der Waals surface area contributed by atoms with Gasteiger partial charge in [0.05, 0.1) is 0 Å². The van der Waals surface area contributed by atoms with Gasteiger partial charge >= 0.3 is 0 Å². The molecule has 140 valence electrons. The van der Waals surface area contributed by atoms with E-state index in [1.807, 2.05) is 47.4 Å². The predicted molar refractivity (Wildman–Crippen MR) is 106 cm³/mol. The molecule has 4 rings (SSSR count). The highest BCUT2D eigenvalue weighted by molar-refractivity contribution is 7.98. The van der Waals surface area contributed by atoms with Gasteiger partial charge in [0.2, 0.25) is 0 Å². The van der Waals surface area contributed by atoms with E-state index in [-0.39, 0.29) is 5.91 Å². The third-order valence-electron chi connectivity index (χ3n) is 4.09. The molecule has 0 fully saturated rings. The lowest BCUT2D eigenvalue weighted by Crippen LogP contribution is -2.23. The molecular formula is C19H17N7OS. The van der Waals surface area contributed by atoms with Crippen LogP contribution in [0.2, 0.25) is 0 Å². The fraction of sp³-hybridized carbons (Fsp3) is 0.105. The van der Waals surface area contributed by atoms with Crippen LogP contribution in [0.4, 0.5) is 0 Å². The maximum atomic E-state index is 12.6. The van der Waals surface area contributed by atoms with Crippen LogP contribution in [0.25, 0.3) is 11.5 Å². The third kappa shape index (κ3) is 3.79. The Hall–Kier alpha value is -3.46. The molecule has 0 saturated heterocycles. The smallest absolute Gasteiger partial charge is 0.251 e. The normalized spacial score (nSPS) is 10.8. The van der Waals surface area contributed by atoms with Crippen molar-refractivity contribution in [3.63, 3.8) is 0 Å². The zero-order valence-electron chi connectivity index (χ0n) is 15.1. The Morgan fingerprint density at radius 3 is 2.89 bits per heavy atom. The molecule has 3 aromatic heterocycles. The number of nitrogens with one attached hydrogen (secondary N) is 1. The third-order valence-corrected chi connectivity index (χ3v) is 4.76. The van der Waals surface area contributed by atoms with Gasteiger partial charge in [-0.1, -0.05) is 23.9 Å². The summed E-state index contributed by atoms with van der Waals surface area (Å²) in [6.45, 7) is 0.384. The minimum atomic E-state index is -0.145. The van der Waals surface area contributed by atoms with Gasteiger partial charge in [-0.3, -0.25) is 9.36 Å². The molecule has 0 bridgehead atoms. The van der Waals surface area contributed by atoms with Crippen LogP contribution in [0.5, 0.6) is 0 Å². The van der Waals surface area contributed by atoms with E-state index in [1.165, 1.54) is 6.33 Å². The highest BCUT2D eigenvalue weighted by Gasteiger charge is 2.09. The molecule has 9 heteroatoms. The summed E-state index contributed by atoms with van der Waals surface area (Å²) in [7, 11) is 0. The fourth-order valence-corrected chi connectivity index (χ4v) is 3.23. The number of rotatable bonds is 6. The first kappa shape index (κ1) is 17.9. The molecule has 0 spiro atoms. The fourth-order valence-electron chi connectivity index (χ4n) is 2.70. The standard InChI is InChI=1S/C19H17N7OS/c1-28-19-21-7-8-25(19)16-4-2-3-15(9-16)18(27)23-11-14-5-6-17(22-10-14)26-13-20-12-24-26/h2-10,12-13H,11H2,1H3,(H,23,27). The lowest BCUT2D eigenvalue weighted by atomic mass is 10.2. The van der Waals surface area contributed by atoms with E-state index in [0.717, 1.165) is 16.4 Å². The van der Waals surface area contributed by atoms with Crippen LogP contribution in [0.15, 0.2) is 72.8 Å². The summed E-state index contributed by atoms with van der Waals surface area (Å²) in [5.41, 5.74) is 2.38. The number of imidazole rings is 1. The predicted octanol–water partition coefficient (Wildman–Crippen LogP) is 2.50. The lowest BCUT2D eigenvalue weighted by Gasteiger charge is -2.09. The number of aromatic nitrogens is 6. The summed E-state index contributed by atoms with van der Waals surface area (Å²) in [6, 6.07) is 11.2. The number of amides is 1. The highest BCUT2D eigenvalue weighted by Crippen LogP contribution is 2.19. The van der Waals surface area contributed by atoms with Crippen molar-refractivity contribution in [2.24, 2.45) is 0 Å². The number of benzene rings is 1. The second-order valence-electron chi connectivity index (χ2n) is 5.88. The van der Waals surface area contributed by atoms with Gasteiger partial charge in [0.25, 0.3) is 5.91 Å². The molecule has 0 unspecified atom stereocenters. The SMILES string of the molecule is CSc1nccn1-c1cccc(C(=O)NCc2ccc(-n3cncn3)nc2)c1. The summed E-state index contributed by atoms with van der Waals surface area (Å²) < 4.78 is 3.53. The molecule has 8 nitrogen and oxygen atoms in total. The number of carbonyl (C=O) groups excluding carboxylic acids is 1. The molecule has 0 radical (unpaired) electrons. The Labute approximate surface area is 165 Å². The number of carbonyl (C=O) groups is 1. The minimum absolute atomic E-state index is 0.145. The molecule has 4 aromatic rings. The van der Waals surface area contributed by atoms with Crippen molar-refractivity contribution in [2.45, 2.75) is 11.7 Å². The first-order valence-electron chi connectivity index (χ1n) is 8.50. The average Bonchev–Trinajstić information content (AvgIpc) is 3.44. The average molecular weight is 391 g/mol. The van der Waals surface area contributed by atoms with Crippen LogP contribution in [-0.4, -0.2) is 41.5 Å². The highest BCUT2D eigenvalue weighted by atomic mass is 32.2. The van der Waals surface area contributed by atoms with Crippen molar-refractivity contribution in [1.82, 2.24) is 34.6 Å². The largest absolute Gasteiger partial charge is 0.348 e. The van der Waals surface area contributed by atoms with Crippen LogP contribution in [0.3, 0.4) is 0 Å². The Balaban J connectivity index is 1.43. The topological polar surface area (TPSA) is 90.5 Å². The van der Waals surface area contributed by atoms with Crippen molar-refractivity contribution < 1.29 is 4.79 Å². The zero-order valence-corrected chi connectivity index (χ0v) is 15.9. The summed E-state index contributed by atoms with van der Waals surface area (Å²) >= 11 is 1.55. The van der Waals surface area contributed by atoms with Crippen molar-refractivity contribution in [2.75, 3.05) is 6.26 Å².